The normalized spacial score (nSPS) is 11.8. The summed E-state index contributed by atoms with van der Waals surface area (Å²) in [5, 5.41) is 24.1. The Balaban J connectivity index is 2.03. The predicted molar refractivity (Wildman–Crippen MR) is 99.8 cm³/mol. The van der Waals surface area contributed by atoms with Crippen molar-refractivity contribution in [3.63, 3.8) is 0 Å². The minimum absolute atomic E-state index is 0.220. The monoisotopic (exact) mass is 346 g/mol. The number of benzene rings is 3. The van der Waals surface area contributed by atoms with Gasteiger partial charge in [-0.05, 0) is 40.5 Å². The van der Waals surface area contributed by atoms with E-state index in [2.05, 4.69) is 5.32 Å². The smallest absolute Gasteiger partial charge is 0.326 e. The van der Waals surface area contributed by atoms with Crippen molar-refractivity contribution in [3.05, 3.63) is 60.2 Å². The van der Waals surface area contributed by atoms with Crippen LogP contribution in [0.25, 0.3) is 21.5 Å². The van der Waals surface area contributed by atoms with Crippen LogP contribution in [0.2, 0.25) is 0 Å². The molecule has 1 atom stereocenters. The molecule has 130 valence electrons. The second-order valence-electron chi connectivity index (χ2n) is 6.11. The lowest BCUT2D eigenvalue weighted by molar-refractivity contribution is -0.139. The highest BCUT2D eigenvalue weighted by Crippen LogP contribution is 2.28. The number of fused-ring (bicyclic) bond motifs is 2. The van der Waals surface area contributed by atoms with Gasteiger partial charge in [0.25, 0.3) is 5.91 Å². The molecule has 0 aromatic heterocycles. The van der Waals surface area contributed by atoms with Gasteiger partial charge >= 0.3 is 5.97 Å². The number of unbranched alkanes of at least 4 members (excludes halogenated alkanes) is 1. The molecule has 5 heteroatoms. The van der Waals surface area contributed by atoms with Crippen LogP contribution in [0.5, 0.6) is 0 Å². The molecule has 0 bridgehead atoms. The van der Waals surface area contributed by atoms with Crippen molar-refractivity contribution in [1.82, 2.24) is 5.32 Å². The third-order valence-electron chi connectivity index (χ3n) is 4.38. The van der Waals surface area contributed by atoms with Crippen molar-refractivity contribution in [1.29, 1.82) is 5.26 Å². The molecule has 5 nitrogen and oxygen atoms in total. The van der Waals surface area contributed by atoms with E-state index in [1.54, 1.807) is 0 Å². The average molecular weight is 346 g/mol. The van der Waals surface area contributed by atoms with E-state index >= 15 is 0 Å². The maximum absolute atomic E-state index is 13.0. The second-order valence-corrected chi connectivity index (χ2v) is 6.11. The Morgan fingerprint density at radius 2 is 1.62 bits per heavy atom. The van der Waals surface area contributed by atoms with E-state index in [1.165, 1.54) is 0 Å². The predicted octanol–water partition coefficient (Wildman–Crippen LogP) is 3.87. The summed E-state index contributed by atoms with van der Waals surface area (Å²) in [4.78, 5) is 24.5. The molecule has 0 aliphatic carbocycles. The second kappa shape index (κ2) is 7.66. The molecule has 2 N–H and O–H groups in total. The molecule has 0 unspecified atom stereocenters. The van der Waals surface area contributed by atoms with Crippen molar-refractivity contribution in [2.75, 3.05) is 0 Å². The quantitative estimate of drug-likeness (QED) is 0.524. The molecule has 1 amide bonds. The van der Waals surface area contributed by atoms with Gasteiger partial charge in [-0.15, -0.1) is 0 Å². The van der Waals surface area contributed by atoms with Crippen LogP contribution in [0.1, 0.15) is 29.6 Å². The SMILES string of the molecule is N#CCCC[C@H](NC(=O)c1c2ccccc2cc2ccccc12)C(=O)O. The first-order valence-corrected chi connectivity index (χ1v) is 8.43. The van der Waals surface area contributed by atoms with Gasteiger partial charge in [-0.2, -0.15) is 5.26 Å². The summed E-state index contributed by atoms with van der Waals surface area (Å²) in [6.45, 7) is 0. The van der Waals surface area contributed by atoms with Crippen LogP contribution in [0.15, 0.2) is 54.6 Å². The summed E-state index contributed by atoms with van der Waals surface area (Å²) in [7, 11) is 0. The average Bonchev–Trinajstić information content (AvgIpc) is 2.65. The first-order valence-electron chi connectivity index (χ1n) is 8.43. The van der Waals surface area contributed by atoms with Gasteiger partial charge in [0.1, 0.15) is 6.04 Å². The highest BCUT2D eigenvalue weighted by molar-refractivity contribution is 6.18. The van der Waals surface area contributed by atoms with Crippen LogP contribution >= 0.6 is 0 Å². The molecule has 0 fully saturated rings. The number of amides is 1. The number of carbonyl (C=O) groups is 2. The molecule has 0 saturated carbocycles. The number of hydrogen-bond acceptors (Lipinski definition) is 3. The maximum Gasteiger partial charge on any atom is 0.326 e. The van der Waals surface area contributed by atoms with Crippen molar-refractivity contribution in [2.24, 2.45) is 0 Å². The summed E-state index contributed by atoms with van der Waals surface area (Å²) >= 11 is 0. The fourth-order valence-corrected chi connectivity index (χ4v) is 3.13. The van der Waals surface area contributed by atoms with Crippen molar-refractivity contribution >= 4 is 33.4 Å². The lowest BCUT2D eigenvalue weighted by Gasteiger charge is -2.16. The van der Waals surface area contributed by atoms with Gasteiger partial charge in [0.2, 0.25) is 0 Å². The molecule has 0 spiro atoms. The van der Waals surface area contributed by atoms with Crippen molar-refractivity contribution in [2.45, 2.75) is 25.3 Å². The van der Waals surface area contributed by atoms with Gasteiger partial charge in [0.05, 0.1) is 11.6 Å². The van der Waals surface area contributed by atoms with Crippen LogP contribution in [0.3, 0.4) is 0 Å². The van der Waals surface area contributed by atoms with Crippen LogP contribution in [-0.4, -0.2) is 23.0 Å². The van der Waals surface area contributed by atoms with E-state index in [-0.39, 0.29) is 12.8 Å². The standard InChI is InChI=1S/C21H18N2O3/c22-12-6-5-11-18(21(25)26)23-20(24)19-16-9-3-1-7-14(16)13-15-8-2-4-10-17(15)19/h1-4,7-10,13,18H,5-6,11H2,(H,23,24)(H,25,26)/t18-/m0/s1. The van der Waals surface area contributed by atoms with Gasteiger partial charge in [-0.3, -0.25) is 4.79 Å². The maximum atomic E-state index is 13.0. The van der Waals surface area contributed by atoms with Gasteiger partial charge in [-0.25, -0.2) is 4.79 Å². The third-order valence-corrected chi connectivity index (χ3v) is 4.38. The van der Waals surface area contributed by atoms with E-state index in [0.717, 1.165) is 21.5 Å². The zero-order valence-corrected chi connectivity index (χ0v) is 14.1. The van der Waals surface area contributed by atoms with E-state index in [9.17, 15) is 14.7 Å². The largest absolute Gasteiger partial charge is 0.480 e. The van der Waals surface area contributed by atoms with Crippen LogP contribution in [0.4, 0.5) is 0 Å². The van der Waals surface area contributed by atoms with E-state index in [0.29, 0.717) is 12.0 Å². The molecular formula is C21H18N2O3. The summed E-state index contributed by atoms with van der Waals surface area (Å²) in [5.74, 6) is -1.51. The van der Waals surface area contributed by atoms with Gasteiger partial charge in [-0.1, -0.05) is 48.5 Å². The summed E-state index contributed by atoms with van der Waals surface area (Å²) in [6.07, 6.45) is 0.901. The first-order chi connectivity index (χ1) is 12.6. The highest BCUT2D eigenvalue weighted by atomic mass is 16.4. The Morgan fingerprint density at radius 3 is 2.15 bits per heavy atom. The summed E-state index contributed by atoms with van der Waals surface area (Å²) < 4.78 is 0. The van der Waals surface area contributed by atoms with E-state index in [1.807, 2.05) is 60.7 Å². The Kier molecular flexibility index (Phi) is 5.14. The number of rotatable bonds is 6. The molecule has 3 aromatic carbocycles. The third kappa shape index (κ3) is 3.50. The minimum Gasteiger partial charge on any atom is -0.480 e. The zero-order chi connectivity index (χ0) is 18.5. The van der Waals surface area contributed by atoms with Gasteiger partial charge < -0.3 is 10.4 Å². The summed E-state index contributed by atoms with van der Waals surface area (Å²) in [6, 6.07) is 18.1. The highest BCUT2D eigenvalue weighted by Gasteiger charge is 2.22. The van der Waals surface area contributed by atoms with Gasteiger partial charge in [0, 0.05) is 6.42 Å². The fourth-order valence-electron chi connectivity index (χ4n) is 3.13. The number of nitriles is 1. The Labute approximate surface area is 150 Å². The van der Waals surface area contributed by atoms with Crippen LogP contribution < -0.4 is 5.32 Å². The fraction of sp³-hybridized carbons (Fsp3) is 0.190. The molecule has 0 heterocycles. The molecule has 0 saturated heterocycles. The van der Waals surface area contributed by atoms with Gasteiger partial charge in [0.15, 0.2) is 0 Å². The Morgan fingerprint density at radius 1 is 1.04 bits per heavy atom. The number of nitrogens with zero attached hydrogens (tertiary/aromatic N) is 1. The van der Waals surface area contributed by atoms with Crippen LogP contribution in [0, 0.1) is 11.3 Å². The summed E-state index contributed by atoms with van der Waals surface area (Å²) in [5.41, 5.74) is 0.477. The molecular weight excluding hydrogens is 328 g/mol. The number of carboxylic acids is 1. The molecule has 3 rings (SSSR count). The van der Waals surface area contributed by atoms with Crippen molar-refractivity contribution < 1.29 is 14.7 Å². The Hall–Kier alpha value is -3.39. The zero-order valence-electron chi connectivity index (χ0n) is 14.1. The van der Waals surface area contributed by atoms with E-state index in [4.69, 9.17) is 5.26 Å². The molecule has 0 radical (unpaired) electrons. The number of aliphatic carboxylic acids is 1. The van der Waals surface area contributed by atoms with E-state index < -0.39 is 17.9 Å². The number of hydrogen-bond donors (Lipinski definition) is 2. The van der Waals surface area contributed by atoms with Crippen molar-refractivity contribution in [3.8, 4) is 6.07 Å². The minimum atomic E-state index is -1.10. The molecule has 0 aliphatic rings. The molecule has 3 aromatic rings. The Bertz CT molecular complexity index is 967. The molecule has 0 aliphatic heterocycles. The lowest BCUT2D eigenvalue weighted by atomic mass is 9.96. The topological polar surface area (TPSA) is 90.2 Å². The van der Waals surface area contributed by atoms with Crippen LogP contribution in [-0.2, 0) is 4.79 Å². The lowest BCUT2D eigenvalue weighted by Crippen LogP contribution is -2.40. The molecule has 26 heavy (non-hydrogen) atoms. The number of nitrogens with one attached hydrogen (secondary N) is 1. The number of carbonyl (C=O) groups excluding carboxylic acids is 1. The number of carboxylic acid groups (broad SMARTS) is 1. The first kappa shape index (κ1) is 17.4.